The fourth-order valence-corrected chi connectivity index (χ4v) is 3.99. The molecule has 0 aliphatic rings. The standard InChI is InChI=1S/C21H16F3N5O5S/c1-13-11-18(27-34-13)28-35(31,32)16-9-7-14(8-10-16)26-20(30)33-17-12-25-29(19(17)21(22,23)24)15-5-3-2-4-6-15/h2-12H,1H3,(H,26,30)(H,27,28). The van der Waals surface area contributed by atoms with Gasteiger partial charge in [-0.3, -0.25) is 10.0 Å². The first-order valence-electron chi connectivity index (χ1n) is 9.78. The molecule has 182 valence electrons. The van der Waals surface area contributed by atoms with E-state index in [1.807, 2.05) is 0 Å². The van der Waals surface area contributed by atoms with Crippen molar-refractivity contribution in [2.45, 2.75) is 18.0 Å². The molecular formula is C21H16F3N5O5S. The number of anilines is 2. The molecule has 4 rings (SSSR count). The number of nitrogens with one attached hydrogen (secondary N) is 2. The van der Waals surface area contributed by atoms with E-state index in [0.29, 0.717) is 10.4 Å². The van der Waals surface area contributed by atoms with Gasteiger partial charge in [0.05, 0.1) is 16.8 Å². The number of para-hydroxylation sites is 1. The molecule has 0 aliphatic heterocycles. The Balaban J connectivity index is 1.48. The second-order valence-corrected chi connectivity index (χ2v) is 8.75. The van der Waals surface area contributed by atoms with Crippen LogP contribution in [0, 0.1) is 6.92 Å². The topological polar surface area (TPSA) is 128 Å². The molecule has 14 heteroatoms. The monoisotopic (exact) mass is 507 g/mol. The summed E-state index contributed by atoms with van der Waals surface area (Å²) in [5.41, 5.74) is -1.06. The smallest absolute Gasteiger partial charge is 0.406 e. The molecule has 2 aromatic heterocycles. The van der Waals surface area contributed by atoms with E-state index in [0.717, 1.165) is 6.20 Å². The normalized spacial score (nSPS) is 11.8. The molecule has 0 atom stereocenters. The maximum atomic E-state index is 13.7. The van der Waals surface area contributed by atoms with Gasteiger partial charge >= 0.3 is 12.3 Å². The Labute approximate surface area is 196 Å². The van der Waals surface area contributed by atoms with Gasteiger partial charge < -0.3 is 9.26 Å². The minimum Gasteiger partial charge on any atom is -0.406 e. The number of nitrogens with zero attached hydrogens (tertiary/aromatic N) is 3. The molecule has 1 amide bonds. The quantitative estimate of drug-likeness (QED) is 0.390. The summed E-state index contributed by atoms with van der Waals surface area (Å²) in [5, 5.41) is 9.48. The van der Waals surface area contributed by atoms with Crippen molar-refractivity contribution >= 4 is 27.6 Å². The average Bonchev–Trinajstić information content (AvgIpc) is 3.40. The number of carbonyl (C=O) groups excluding carboxylic acids is 1. The van der Waals surface area contributed by atoms with Crippen LogP contribution in [0.3, 0.4) is 0 Å². The van der Waals surface area contributed by atoms with Crippen LogP contribution in [0.15, 0.2) is 76.3 Å². The molecule has 10 nitrogen and oxygen atoms in total. The number of aromatic nitrogens is 3. The van der Waals surface area contributed by atoms with Gasteiger partial charge in [0, 0.05) is 11.8 Å². The number of ether oxygens (including phenoxy) is 1. The summed E-state index contributed by atoms with van der Waals surface area (Å²) in [6.45, 7) is 1.59. The van der Waals surface area contributed by atoms with E-state index >= 15 is 0 Å². The maximum absolute atomic E-state index is 13.7. The third-order valence-corrected chi connectivity index (χ3v) is 5.86. The van der Waals surface area contributed by atoms with Crippen molar-refractivity contribution in [2.75, 3.05) is 10.0 Å². The van der Waals surface area contributed by atoms with E-state index in [1.165, 1.54) is 54.6 Å². The molecule has 4 aromatic rings. The van der Waals surface area contributed by atoms with Crippen LogP contribution in [-0.2, 0) is 16.2 Å². The van der Waals surface area contributed by atoms with Crippen molar-refractivity contribution in [3.8, 4) is 11.4 Å². The van der Waals surface area contributed by atoms with Gasteiger partial charge in [-0.25, -0.2) is 17.9 Å². The van der Waals surface area contributed by atoms with Gasteiger partial charge in [-0.1, -0.05) is 23.4 Å². The van der Waals surface area contributed by atoms with Crippen LogP contribution in [-0.4, -0.2) is 29.4 Å². The Morgan fingerprint density at radius 3 is 2.37 bits per heavy atom. The Morgan fingerprint density at radius 1 is 1.09 bits per heavy atom. The van der Waals surface area contributed by atoms with E-state index in [1.54, 1.807) is 13.0 Å². The van der Waals surface area contributed by atoms with Gasteiger partial charge in [-0.2, -0.15) is 18.3 Å². The Hall–Kier alpha value is -4.33. The third-order valence-electron chi connectivity index (χ3n) is 4.49. The van der Waals surface area contributed by atoms with Gasteiger partial charge in [0.2, 0.25) is 0 Å². The first-order chi connectivity index (χ1) is 16.5. The van der Waals surface area contributed by atoms with E-state index < -0.39 is 33.7 Å². The van der Waals surface area contributed by atoms with Gasteiger partial charge in [0.25, 0.3) is 10.0 Å². The molecule has 0 saturated heterocycles. The van der Waals surface area contributed by atoms with Gasteiger partial charge in [-0.05, 0) is 43.3 Å². The number of rotatable bonds is 6. The molecule has 2 aromatic carbocycles. The summed E-state index contributed by atoms with van der Waals surface area (Å²) in [6.07, 6.45) is -5.31. The zero-order chi connectivity index (χ0) is 25.2. The Bertz CT molecular complexity index is 1450. The highest BCUT2D eigenvalue weighted by Crippen LogP contribution is 2.37. The largest absolute Gasteiger partial charge is 0.437 e. The van der Waals surface area contributed by atoms with E-state index in [-0.39, 0.29) is 22.1 Å². The van der Waals surface area contributed by atoms with E-state index in [4.69, 9.17) is 9.26 Å². The number of carbonyl (C=O) groups is 1. The number of alkyl halides is 3. The summed E-state index contributed by atoms with van der Waals surface area (Å²) in [4.78, 5) is 12.1. The average molecular weight is 507 g/mol. The summed E-state index contributed by atoms with van der Waals surface area (Å²) >= 11 is 0. The number of hydrogen-bond donors (Lipinski definition) is 2. The molecule has 0 spiro atoms. The number of hydrogen-bond acceptors (Lipinski definition) is 7. The molecular weight excluding hydrogens is 491 g/mol. The molecule has 0 aliphatic carbocycles. The van der Waals surface area contributed by atoms with Crippen LogP contribution in [0.2, 0.25) is 0 Å². The number of sulfonamides is 1. The number of amides is 1. The SMILES string of the molecule is Cc1cc(NS(=O)(=O)c2ccc(NC(=O)Oc3cnn(-c4ccccc4)c3C(F)(F)F)cc2)no1. The van der Waals surface area contributed by atoms with E-state index in [2.05, 4.69) is 20.3 Å². The summed E-state index contributed by atoms with van der Waals surface area (Å²) < 4.78 is 78.3. The fourth-order valence-electron chi connectivity index (χ4n) is 3.00. The van der Waals surface area contributed by atoms with Gasteiger partial charge in [0.1, 0.15) is 5.76 Å². The molecule has 0 unspecified atom stereocenters. The lowest BCUT2D eigenvalue weighted by atomic mass is 10.3. The van der Waals surface area contributed by atoms with Gasteiger partial charge in [-0.15, -0.1) is 0 Å². The van der Waals surface area contributed by atoms with Crippen LogP contribution in [0.5, 0.6) is 5.75 Å². The molecule has 0 saturated carbocycles. The lowest BCUT2D eigenvalue weighted by Gasteiger charge is -2.13. The van der Waals surface area contributed by atoms with Crippen LogP contribution in [0.4, 0.5) is 29.5 Å². The highest BCUT2D eigenvalue weighted by molar-refractivity contribution is 7.92. The molecule has 0 radical (unpaired) electrons. The summed E-state index contributed by atoms with van der Waals surface area (Å²) in [7, 11) is -3.99. The van der Waals surface area contributed by atoms with Crippen molar-refractivity contribution < 1.29 is 35.6 Å². The highest BCUT2D eigenvalue weighted by atomic mass is 32.2. The van der Waals surface area contributed by atoms with Gasteiger partial charge in [0.15, 0.2) is 17.3 Å². The predicted molar refractivity (Wildman–Crippen MR) is 117 cm³/mol. The molecule has 35 heavy (non-hydrogen) atoms. The lowest BCUT2D eigenvalue weighted by Crippen LogP contribution is -2.20. The van der Waals surface area contributed by atoms with Crippen molar-refractivity contribution in [1.82, 2.24) is 14.9 Å². The summed E-state index contributed by atoms with van der Waals surface area (Å²) in [5.74, 6) is -0.404. The van der Waals surface area contributed by atoms with Crippen molar-refractivity contribution in [2.24, 2.45) is 0 Å². The molecule has 0 bridgehead atoms. The first kappa shape index (κ1) is 23.8. The first-order valence-corrected chi connectivity index (χ1v) is 11.3. The Kier molecular flexibility index (Phi) is 6.22. The predicted octanol–water partition coefficient (Wildman–Crippen LogP) is 4.60. The molecule has 0 fully saturated rings. The number of benzene rings is 2. The van der Waals surface area contributed by atoms with Crippen molar-refractivity contribution in [3.05, 3.63) is 78.3 Å². The number of halogens is 3. The van der Waals surface area contributed by atoms with Crippen LogP contribution < -0.4 is 14.8 Å². The lowest BCUT2D eigenvalue weighted by molar-refractivity contribution is -0.143. The number of aryl methyl sites for hydroxylation is 1. The zero-order valence-corrected chi connectivity index (χ0v) is 18.6. The van der Waals surface area contributed by atoms with Crippen LogP contribution in [0.25, 0.3) is 5.69 Å². The zero-order valence-electron chi connectivity index (χ0n) is 17.8. The Morgan fingerprint density at radius 2 is 1.77 bits per heavy atom. The highest BCUT2D eigenvalue weighted by Gasteiger charge is 2.40. The molecule has 2 N–H and O–H groups in total. The minimum absolute atomic E-state index is 0.00945. The third kappa shape index (κ3) is 5.43. The van der Waals surface area contributed by atoms with E-state index in [9.17, 15) is 26.4 Å². The fraction of sp³-hybridized carbons (Fsp3) is 0.0952. The minimum atomic E-state index is -4.87. The second kappa shape index (κ2) is 9.13. The van der Waals surface area contributed by atoms with Crippen LogP contribution in [0.1, 0.15) is 11.5 Å². The maximum Gasteiger partial charge on any atom is 0.437 e. The van der Waals surface area contributed by atoms with Crippen molar-refractivity contribution in [3.63, 3.8) is 0 Å². The van der Waals surface area contributed by atoms with Crippen LogP contribution >= 0.6 is 0 Å². The van der Waals surface area contributed by atoms with Crippen molar-refractivity contribution in [1.29, 1.82) is 0 Å². The summed E-state index contributed by atoms with van der Waals surface area (Å²) in [6, 6.07) is 13.8. The second-order valence-electron chi connectivity index (χ2n) is 7.07. The molecule has 2 heterocycles.